The van der Waals surface area contributed by atoms with Crippen LogP contribution in [0.25, 0.3) is 21.1 Å². The summed E-state index contributed by atoms with van der Waals surface area (Å²) in [4.78, 5) is 19.5. The Labute approximate surface area is 208 Å². The fourth-order valence-electron chi connectivity index (χ4n) is 3.91. The summed E-state index contributed by atoms with van der Waals surface area (Å²) in [6.07, 6.45) is 0.0970. The number of thiazole rings is 1. The molecule has 0 radical (unpaired) electrons. The Balaban J connectivity index is 1.32. The van der Waals surface area contributed by atoms with E-state index in [1.807, 2.05) is 35.0 Å². The van der Waals surface area contributed by atoms with E-state index in [0.717, 1.165) is 56.9 Å². The van der Waals surface area contributed by atoms with Crippen LogP contribution in [0.1, 0.15) is 10.7 Å². The van der Waals surface area contributed by atoms with Crippen LogP contribution < -0.4 is 0 Å². The molecule has 0 amide bonds. The minimum absolute atomic E-state index is 0.0970. The van der Waals surface area contributed by atoms with Crippen molar-refractivity contribution in [3.63, 3.8) is 0 Å². The van der Waals surface area contributed by atoms with Crippen molar-refractivity contribution in [2.24, 2.45) is 0 Å². The van der Waals surface area contributed by atoms with Gasteiger partial charge in [0, 0.05) is 34.5 Å². The number of halogens is 2. The number of nitrogens with zero attached hydrogens (tertiary/aromatic N) is 4. The number of carbonyl (C=O) groups excluding carboxylic acids is 1. The number of aromatic nitrogens is 3. The molecule has 7 nitrogen and oxygen atoms in total. The molecule has 2 aromatic heterocycles. The average molecular weight is 550 g/mol. The molecule has 172 valence electrons. The van der Waals surface area contributed by atoms with E-state index in [4.69, 9.17) is 31.2 Å². The molecule has 0 unspecified atom stereocenters. The molecule has 1 aliphatic heterocycles. The summed E-state index contributed by atoms with van der Waals surface area (Å²) in [5.74, 6) is -0.292. The number of carbonyl (C=O) groups is 1. The number of hydrogen-bond acceptors (Lipinski definition) is 7. The van der Waals surface area contributed by atoms with Crippen LogP contribution in [0.3, 0.4) is 0 Å². The van der Waals surface area contributed by atoms with Crippen molar-refractivity contribution < 1.29 is 14.3 Å². The molecule has 0 saturated carbocycles. The SMILES string of the molecule is O=C(Cc1nn(Cc2nc3cc(Br)ccc3s2)c2ccc(Cl)cc12)OCCN1CCOCC1. The predicted molar refractivity (Wildman–Crippen MR) is 133 cm³/mol. The van der Waals surface area contributed by atoms with Crippen LogP contribution in [0.5, 0.6) is 0 Å². The Kier molecular flexibility index (Phi) is 6.94. The first-order valence-electron chi connectivity index (χ1n) is 10.7. The van der Waals surface area contributed by atoms with Gasteiger partial charge in [0.15, 0.2) is 0 Å². The Morgan fingerprint density at radius 3 is 2.91 bits per heavy atom. The molecule has 0 spiro atoms. The highest BCUT2D eigenvalue weighted by Crippen LogP contribution is 2.28. The van der Waals surface area contributed by atoms with E-state index in [0.29, 0.717) is 30.4 Å². The third kappa shape index (κ3) is 5.38. The van der Waals surface area contributed by atoms with E-state index in [-0.39, 0.29) is 12.4 Å². The zero-order valence-corrected chi connectivity index (χ0v) is 21.0. The normalized spacial score (nSPS) is 14.8. The van der Waals surface area contributed by atoms with Crippen LogP contribution in [0.2, 0.25) is 5.02 Å². The Morgan fingerprint density at radius 1 is 1.21 bits per heavy atom. The molecular weight excluding hydrogens is 528 g/mol. The summed E-state index contributed by atoms with van der Waals surface area (Å²) < 4.78 is 14.8. The van der Waals surface area contributed by atoms with E-state index in [1.165, 1.54) is 0 Å². The molecule has 1 saturated heterocycles. The van der Waals surface area contributed by atoms with E-state index >= 15 is 0 Å². The smallest absolute Gasteiger partial charge is 0.312 e. The third-order valence-electron chi connectivity index (χ3n) is 5.55. The van der Waals surface area contributed by atoms with Crippen molar-refractivity contribution in [3.8, 4) is 0 Å². The highest BCUT2D eigenvalue weighted by atomic mass is 79.9. The van der Waals surface area contributed by atoms with E-state index < -0.39 is 0 Å². The fraction of sp³-hybridized carbons (Fsp3) is 0.348. The van der Waals surface area contributed by atoms with Crippen LogP contribution in [0.4, 0.5) is 0 Å². The second-order valence-electron chi connectivity index (χ2n) is 7.84. The molecule has 0 atom stereocenters. The highest BCUT2D eigenvalue weighted by Gasteiger charge is 2.17. The molecule has 0 aliphatic carbocycles. The van der Waals surface area contributed by atoms with Crippen molar-refractivity contribution in [1.82, 2.24) is 19.7 Å². The number of morpholine rings is 1. The fourth-order valence-corrected chi connectivity index (χ4v) is 5.37. The summed E-state index contributed by atoms with van der Waals surface area (Å²) in [6.45, 7) is 4.78. The van der Waals surface area contributed by atoms with Crippen LogP contribution in [0, 0.1) is 0 Å². The van der Waals surface area contributed by atoms with Crippen molar-refractivity contribution in [3.05, 3.63) is 56.6 Å². The number of rotatable bonds is 7. The number of hydrogen-bond donors (Lipinski definition) is 0. The van der Waals surface area contributed by atoms with Gasteiger partial charge < -0.3 is 9.47 Å². The minimum atomic E-state index is -0.292. The lowest BCUT2D eigenvalue weighted by Crippen LogP contribution is -2.38. The van der Waals surface area contributed by atoms with Gasteiger partial charge in [-0.1, -0.05) is 27.5 Å². The number of esters is 1. The first-order chi connectivity index (χ1) is 16.0. The van der Waals surface area contributed by atoms with E-state index in [9.17, 15) is 4.79 Å². The molecule has 33 heavy (non-hydrogen) atoms. The molecule has 1 aliphatic rings. The van der Waals surface area contributed by atoms with Crippen LogP contribution >= 0.6 is 38.9 Å². The Morgan fingerprint density at radius 2 is 2.06 bits per heavy atom. The van der Waals surface area contributed by atoms with Gasteiger partial charge in [0.2, 0.25) is 0 Å². The van der Waals surface area contributed by atoms with Crippen LogP contribution in [-0.4, -0.2) is 65.1 Å². The lowest BCUT2D eigenvalue weighted by Gasteiger charge is -2.26. The van der Waals surface area contributed by atoms with Gasteiger partial charge in [0.25, 0.3) is 0 Å². The van der Waals surface area contributed by atoms with Crippen molar-refractivity contribution >= 4 is 66.0 Å². The largest absolute Gasteiger partial charge is 0.464 e. The summed E-state index contributed by atoms with van der Waals surface area (Å²) in [6, 6.07) is 11.7. The van der Waals surface area contributed by atoms with Crippen molar-refractivity contribution in [1.29, 1.82) is 0 Å². The summed E-state index contributed by atoms with van der Waals surface area (Å²) in [5, 5.41) is 7.15. The Bertz CT molecular complexity index is 1300. The van der Waals surface area contributed by atoms with Crippen molar-refractivity contribution in [2.75, 3.05) is 39.5 Å². The molecule has 10 heteroatoms. The molecule has 3 heterocycles. The monoisotopic (exact) mass is 548 g/mol. The van der Waals surface area contributed by atoms with E-state index in [2.05, 4.69) is 26.9 Å². The minimum Gasteiger partial charge on any atom is -0.464 e. The summed E-state index contributed by atoms with van der Waals surface area (Å²) >= 11 is 11.4. The standard InChI is InChI=1S/C23H22BrClN4O3S/c24-15-1-4-21-19(11-15)26-22(33-21)14-29-20-3-2-16(25)12-17(20)18(27-29)13-23(30)32-10-7-28-5-8-31-9-6-28/h1-4,11-12H,5-10,13-14H2. The van der Waals surface area contributed by atoms with Gasteiger partial charge in [0.1, 0.15) is 11.6 Å². The lowest BCUT2D eigenvalue weighted by molar-refractivity contribution is -0.143. The average Bonchev–Trinajstić information content (AvgIpc) is 3.34. The molecule has 5 rings (SSSR count). The maximum atomic E-state index is 12.5. The molecule has 2 aromatic carbocycles. The van der Waals surface area contributed by atoms with Gasteiger partial charge in [-0.2, -0.15) is 5.10 Å². The Hall–Kier alpha value is -2.04. The lowest BCUT2D eigenvalue weighted by atomic mass is 10.1. The van der Waals surface area contributed by atoms with E-state index in [1.54, 1.807) is 11.3 Å². The van der Waals surface area contributed by atoms with Gasteiger partial charge in [-0.25, -0.2) is 4.98 Å². The second-order valence-corrected chi connectivity index (χ2v) is 10.3. The van der Waals surface area contributed by atoms with Gasteiger partial charge in [0.05, 0.1) is 47.6 Å². The second kappa shape index (κ2) is 10.1. The van der Waals surface area contributed by atoms with Gasteiger partial charge in [-0.05, 0) is 36.4 Å². The highest BCUT2D eigenvalue weighted by molar-refractivity contribution is 9.10. The number of benzene rings is 2. The van der Waals surface area contributed by atoms with Gasteiger partial charge in [-0.3, -0.25) is 14.4 Å². The molecular formula is C23H22BrClN4O3S. The molecule has 1 fully saturated rings. The molecule has 4 aromatic rings. The number of fused-ring (bicyclic) bond motifs is 2. The zero-order chi connectivity index (χ0) is 22.8. The quantitative estimate of drug-likeness (QED) is 0.316. The topological polar surface area (TPSA) is 69.5 Å². The predicted octanol–water partition coefficient (Wildman–Crippen LogP) is 4.53. The molecule has 0 bridgehead atoms. The summed E-state index contributed by atoms with van der Waals surface area (Å²) in [7, 11) is 0. The first-order valence-corrected chi connectivity index (χ1v) is 12.7. The third-order valence-corrected chi connectivity index (χ3v) is 7.30. The van der Waals surface area contributed by atoms with Gasteiger partial charge in [-0.15, -0.1) is 11.3 Å². The van der Waals surface area contributed by atoms with Crippen LogP contribution in [-0.2, 0) is 27.2 Å². The maximum Gasteiger partial charge on any atom is 0.312 e. The van der Waals surface area contributed by atoms with Crippen molar-refractivity contribution in [2.45, 2.75) is 13.0 Å². The number of ether oxygens (including phenoxy) is 2. The zero-order valence-electron chi connectivity index (χ0n) is 17.8. The van der Waals surface area contributed by atoms with Crippen LogP contribution in [0.15, 0.2) is 40.9 Å². The molecule has 0 N–H and O–H groups in total. The van der Waals surface area contributed by atoms with Gasteiger partial charge >= 0.3 is 5.97 Å². The summed E-state index contributed by atoms with van der Waals surface area (Å²) in [5.41, 5.74) is 2.52. The first kappa shape index (κ1) is 22.7. The maximum absolute atomic E-state index is 12.5.